The van der Waals surface area contributed by atoms with Crippen LogP contribution in [-0.4, -0.2) is 29.1 Å². The van der Waals surface area contributed by atoms with E-state index in [4.69, 9.17) is 5.11 Å². The Morgan fingerprint density at radius 3 is 2.15 bits per heavy atom. The lowest BCUT2D eigenvalue weighted by Crippen LogP contribution is -2.74. The molecule has 2 nitrogen and oxygen atoms in total. The molecule has 0 aliphatic carbocycles. The van der Waals surface area contributed by atoms with Crippen molar-refractivity contribution in [1.29, 1.82) is 0 Å². The van der Waals surface area contributed by atoms with E-state index in [1.807, 2.05) is 0 Å². The molecule has 0 aromatic heterocycles. The number of hydrogen-bond donors (Lipinski definition) is 2. The molecule has 0 aliphatic rings. The molecule has 2 N–H and O–H groups in total. The molecule has 13 heavy (non-hydrogen) atoms. The summed E-state index contributed by atoms with van der Waals surface area (Å²) in [5.74, 6) is 0. The molecule has 0 aromatic rings. The van der Waals surface area contributed by atoms with Gasteiger partial charge >= 0.3 is 6.18 Å². The second-order valence-corrected chi connectivity index (χ2v) is 3.50. The van der Waals surface area contributed by atoms with Crippen molar-refractivity contribution >= 4 is 6.21 Å². The third-order valence-corrected chi connectivity index (χ3v) is 1.56. The van der Waals surface area contributed by atoms with Crippen molar-refractivity contribution < 1.29 is 23.3 Å². The van der Waals surface area contributed by atoms with Gasteiger partial charge in [-0.2, -0.15) is 13.2 Å². The van der Waals surface area contributed by atoms with Crippen molar-refractivity contribution in [2.75, 3.05) is 0 Å². The van der Waals surface area contributed by atoms with Crippen LogP contribution in [0.2, 0.25) is 0 Å². The maximum Gasteiger partial charge on any atom is 0.417 e. The van der Waals surface area contributed by atoms with Crippen LogP contribution in [0.3, 0.4) is 0 Å². The minimum Gasteiger partial charge on any atom is -0.380 e. The first-order valence-corrected chi connectivity index (χ1v) is 4.03. The van der Waals surface area contributed by atoms with E-state index in [9.17, 15) is 13.2 Å². The van der Waals surface area contributed by atoms with Crippen molar-refractivity contribution in [3.05, 3.63) is 0 Å². The molecule has 5 heteroatoms. The minimum absolute atomic E-state index is 0.0732. The van der Waals surface area contributed by atoms with Crippen molar-refractivity contribution in [2.45, 2.75) is 45.0 Å². The van der Waals surface area contributed by atoms with Gasteiger partial charge in [0.05, 0.1) is 6.42 Å². The number of aliphatic hydroxyl groups is 1. The van der Waals surface area contributed by atoms with Crippen LogP contribution in [0.1, 0.15) is 27.2 Å². The molecular weight excluding hydrogens is 183 g/mol. The van der Waals surface area contributed by atoms with Gasteiger partial charge in [-0.1, -0.05) is 0 Å². The smallest absolute Gasteiger partial charge is 0.380 e. The largest absolute Gasteiger partial charge is 0.417 e. The number of rotatable bonds is 3. The Bertz CT molecular complexity index is 184. The lowest BCUT2D eigenvalue weighted by molar-refractivity contribution is -0.490. The van der Waals surface area contributed by atoms with Gasteiger partial charge < -0.3 is 5.11 Å². The summed E-state index contributed by atoms with van der Waals surface area (Å²) < 4.78 is 36.2. The SMILES string of the molecule is CC(C)[NH+]=CC[C@](C)(O)C(F)(F)F. The molecule has 1 atom stereocenters. The molecule has 0 amide bonds. The highest BCUT2D eigenvalue weighted by Gasteiger charge is 2.49. The van der Waals surface area contributed by atoms with E-state index in [2.05, 4.69) is 4.99 Å². The standard InChI is InChI=1S/C8H14F3NO/c1-6(2)12-5-4-7(3,13)8(9,10)11/h5-6,13H,4H2,1-3H3/p+1/t7-/m0/s1. The molecule has 0 unspecified atom stereocenters. The van der Waals surface area contributed by atoms with Gasteiger partial charge in [0.25, 0.3) is 0 Å². The van der Waals surface area contributed by atoms with Crippen LogP contribution in [0.15, 0.2) is 0 Å². The van der Waals surface area contributed by atoms with Crippen molar-refractivity contribution in [2.24, 2.45) is 0 Å². The van der Waals surface area contributed by atoms with Gasteiger partial charge in [-0.05, 0) is 20.8 Å². The lowest BCUT2D eigenvalue weighted by atomic mass is 10.0. The van der Waals surface area contributed by atoms with Crippen molar-refractivity contribution in [1.82, 2.24) is 0 Å². The van der Waals surface area contributed by atoms with Gasteiger partial charge in [0, 0.05) is 0 Å². The molecule has 0 aliphatic heterocycles. The van der Waals surface area contributed by atoms with Crippen LogP contribution in [-0.2, 0) is 0 Å². The third kappa shape index (κ3) is 4.26. The minimum atomic E-state index is -4.58. The summed E-state index contributed by atoms with van der Waals surface area (Å²) in [6.07, 6.45) is -3.80. The van der Waals surface area contributed by atoms with Crippen LogP contribution >= 0.6 is 0 Å². The second kappa shape index (κ2) is 4.09. The molecule has 0 saturated carbocycles. The average Bonchev–Trinajstić information content (AvgIpc) is 1.82. The van der Waals surface area contributed by atoms with E-state index in [1.54, 1.807) is 13.8 Å². The van der Waals surface area contributed by atoms with Gasteiger partial charge in [0.15, 0.2) is 5.60 Å². The van der Waals surface area contributed by atoms with Crippen LogP contribution in [0.5, 0.6) is 0 Å². The van der Waals surface area contributed by atoms with Gasteiger partial charge in [-0.25, -0.2) is 4.99 Å². The highest BCUT2D eigenvalue weighted by molar-refractivity contribution is 5.52. The number of hydrogen-bond acceptors (Lipinski definition) is 1. The van der Waals surface area contributed by atoms with E-state index in [1.165, 1.54) is 6.21 Å². The number of nitrogens with one attached hydrogen (secondary N) is 1. The average molecular weight is 198 g/mol. The molecule has 0 spiro atoms. The van der Waals surface area contributed by atoms with Crippen molar-refractivity contribution in [3.63, 3.8) is 0 Å². The monoisotopic (exact) mass is 198 g/mol. The van der Waals surface area contributed by atoms with Gasteiger partial charge in [0.1, 0.15) is 12.3 Å². The van der Waals surface area contributed by atoms with E-state index in [-0.39, 0.29) is 6.04 Å². The van der Waals surface area contributed by atoms with Crippen LogP contribution < -0.4 is 4.99 Å². The summed E-state index contributed by atoms with van der Waals surface area (Å²) >= 11 is 0. The Morgan fingerprint density at radius 2 is 1.85 bits per heavy atom. The van der Waals surface area contributed by atoms with E-state index in [0.717, 1.165) is 6.92 Å². The fourth-order valence-electron chi connectivity index (χ4n) is 0.609. The lowest BCUT2D eigenvalue weighted by Gasteiger charge is -2.23. The van der Waals surface area contributed by atoms with E-state index in [0.29, 0.717) is 0 Å². The Morgan fingerprint density at radius 1 is 1.38 bits per heavy atom. The zero-order chi connectivity index (χ0) is 10.7. The summed E-state index contributed by atoms with van der Waals surface area (Å²) in [6.45, 7) is 4.36. The quantitative estimate of drug-likeness (QED) is 0.626. The summed E-state index contributed by atoms with van der Waals surface area (Å²) in [5, 5.41) is 8.97. The summed E-state index contributed by atoms with van der Waals surface area (Å²) in [6, 6.07) is 0.0732. The molecule has 0 saturated heterocycles. The van der Waals surface area contributed by atoms with Gasteiger partial charge in [-0.15, -0.1) is 0 Å². The molecule has 0 bridgehead atoms. The molecule has 0 radical (unpaired) electrons. The maximum absolute atomic E-state index is 12.1. The summed E-state index contributed by atoms with van der Waals surface area (Å²) in [4.78, 5) is 2.69. The number of halogens is 3. The summed E-state index contributed by atoms with van der Waals surface area (Å²) in [7, 11) is 0. The zero-order valence-electron chi connectivity index (χ0n) is 7.94. The van der Waals surface area contributed by atoms with Crippen LogP contribution in [0.25, 0.3) is 0 Å². The molecule has 0 fully saturated rings. The molecule has 0 rings (SSSR count). The van der Waals surface area contributed by atoms with Crippen LogP contribution in [0, 0.1) is 0 Å². The van der Waals surface area contributed by atoms with Gasteiger partial charge in [-0.3, -0.25) is 0 Å². The molecule has 0 heterocycles. The Hall–Kier alpha value is -0.580. The van der Waals surface area contributed by atoms with E-state index >= 15 is 0 Å². The zero-order valence-corrected chi connectivity index (χ0v) is 7.94. The fourth-order valence-corrected chi connectivity index (χ4v) is 0.609. The fraction of sp³-hybridized carbons (Fsp3) is 0.875. The van der Waals surface area contributed by atoms with Crippen LogP contribution in [0.4, 0.5) is 13.2 Å². The molecular formula is C8H15F3NO+. The Kier molecular flexibility index (Phi) is 3.90. The van der Waals surface area contributed by atoms with Gasteiger partial charge in [0.2, 0.25) is 0 Å². The first-order chi connectivity index (χ1) is 5.67. The third-order valence-electron chi connectivity index (χ3n) is 1.56. The highest BCUT2D eigenvalue weighted by Crippen LogP contribution is 2.31. The first-order valence-electron chi connectivity index (χ1n) is 4.03. The van der Waals surface area contributed by atoms with E-state index < -0.39 is 18.2 Å². The number of alkyl halides is 3. The molecule has 78 valence electrons. The predicted molar refractivity (Wildman–Crippen MR) is 43.5 cm³/mol. The highest BCUT2D eigenvalue weighted by atomic mass is 19.4. The Labute approximate surface area is 75.5 Å². The summed E-state index contributed by atoms with van der Waals surface area (Å²) in [5.41, 5.74) is -2.64. The first kappa shape index (κ1) is 12.4. The maximum atomic E-state index is 12.1. The molecule has 0 aromatic carbocycles. The second-order valence-electron chi connectivity index (χ2n) is 3.50. The topological polar surface area (TPSA) is 34.2 Å². The van der Waals surface area contributed by atoms with Crippen molar-refractivity contribution in [3.8, 4) is 0 Å². The Balaban J connectivity index is 4.20. The predicted octanol–water partition coefficient (Wildman–Crippen LogP) is 0.250. The normalized spacial score (nSPS) is 18.2.